The van der Waals surface area contributed by atoms with Crippen molar-refractivity contribution in [3.05, 3.63) is 59.7 Å². The van der Waals surface area contributed by atoms with Crippen LogP contribution in [0.3, 0.4) is 0 Å². The molecule has 0 heterocycles. The highest BCUT2D eigenvalue weighted by Gasteiger charge is 2.39. The first-order valence-electron chi connectivity index (χ1n) is 6.17. The van der Waals surface area contributed by atoms with Gasteiger partial charge in [0, 0.05) is 11.1 Å². The second-order valence-electron chi connectivity index (χ2n) is 4.90. The van der Waals surface area contributed by atoms with Gasteiger partial charge in [0.2, 0.25) is 0 Å². The molecule has 0 unspecified atom stereocenters. The molecule has 0 fully saturated rings. The van der Waals surface area contributed by atoms with Crippen LogP contribution in [0.25, 0.3) is 10.8 Å². The van der Waals surface area contributed by atoms with Crippen molar-refractivity contribution in [3.8, 4) is 24.7 Å². The SMILES string of the molecule is C#C[C@]1(O)C=C[C@@](O)(C#C)c2cc3ccccc3cc21. The summed E-state index contributed by atoms with van der Waals surface area (Å²) in [6, 6.07) is 11.2. The zero-order valence-corrected chi connectivity index (χ0v) is 10.7. The lowest BCUT2D eigenvalue weighted by Gasteiger charge is -2.33. The van der Waals surface area contributed by atoms with Gasteiger partial charge in [-0.25, -0.2) is 0 Å². The fourth-order valence-corrected chi connectivity index (χ4v) is 2.54. The normalized spacial score (nSPS) is 27.6. The zero-order chi connectivity index (χ0) is 14.4. The van der Waals surface area contributed by atoms with Crippen molar-refractivity contribution in [2.24, 2.45) is 0 Å². The first-order chi connectivity index (χ1) is 9.52. The predicted molar refractivity (Wildman–Crippen MR) is 78.5 cm³/mol. The van der Waals surface area contributed by atoms with E-state index in [0.29, 0.717) is 11.1 Å². The van der Waals surface area contributed by atoms with Crippen molar-refractivity contribution in [2.45, 2.75) is 11.2 Å². The van der Waals surface area contributed by atoms with Crippen molar-refractivity contribution in [2.75, 3.05) is 0 Å². The van der Waals surface area contributed by atoms with Crippen LogP contribution in [0.1, 0.15) is 11.1 Å². The number of hydrogen-bond acceptors (Lipinski definition) is 2. The van der Waals surface area contributed by atoms with Crippen molar-refractivity contribution >= 4 is 10.8 Å². The smallest absolute Gasteiger partial charge is 0.170 e. The van der Waals surface area contributed by atoms with Gasteiger partial charge in [0.25, 0.3) is 0 Å². The van der Waals surface area contributed by atoms with Crippen molar-refractivity contribution in [3.63, 3.8) is 0 Å². The van der Waals surface area contributed by atoms with Gasteiger partial charge in [-0.3, -0.25) is 0 Å². The van der Waals surface area contributed by atoms with Crippen LogP contribution < -0.4 is 0 Å². The molecular weight excluding hydrogens is 248 g/mol. The highest BCUT2D eigenvalue weighted by Crippen LogP contribution is 2.40. The van der Waals surface area contributed by atoms with Crippen LogP contribution >= 0.6 is 0 Å². The maximum absolute atomic E-state index is 10.5. The van der Waals surface area contributed by atoms with E-state index in [1.165, 1.54) is 12.2 Å². The van der Waals surface area contributed by atoms with Crippen LogP contribution in [-0.2, 0) is 11.2 Å². The lowest BCUT2D eigenvalue weighted by molar-refractivity contribution is 0.111. The first kappa shape index (κ1) is 12.5. The van der Waals surface area contributed by atoms with Gasteiger partial charge >= 0.3 is 0 Å². The molecule has 2 N–H and O–H groups in total. The minimum Gasteiger partial charge on any atom is -0.370 e. The summed E-state index contributed by atoms with van der Waals surface area (Å²) in [6.45, 7) is 0. The molecule has 2 nitrogen and oxygen atoms in total. The molecule has 0 bridgehead atoms. The number of rotatable bonds is 0. The topological polar surface area (TPSA) is 40.5 Å². The number of benzene rings is 2. The molecule has 2 aromatic rings. The number of aliphatic hydroxyl groups is 2. The Balaban J connectivity index is 2.43. The Labute approximate surface area is 117 Å². The molecule has 0 aliphatic heterocycles. The molecule has 1 aliphatic rings. The van der Waals surface area contributed by atoms with Crippen molar-refractivity contribution in [1.82, 2.24) is 0 Å². The maximum Gasteiger partial charge on any atom is 0.170 e. The number of fused-ring (bicyclic) bond motifs is 2. The van der Waals surface area contributed by atoms with E-state index in [1.807, 2.05) is 24.3 Å². The largest absolute Gasteiger partial charge is 0.370 e. The van der Waals surface area contributed by atoms with E-state index >= 15 is 0 Å². The Morgan fingerprint density at radius 1 is 0.800 bits per heavy atom. The third-order valence-corrected chi connectivity index (χ3v) is 3.71. The molecule has 0 amide bonds. The summed E-state index contributed by atoms with van der Waals surface area (Å²) in [5.41, 5.74) is -2.21. The van der Waals surface area contributed by atoms with Crippen LogP contribution in [0.15, 0.2) is 48.6 Å². The van der Waals surface area contributed by atoms with E-state index in [2.05, 4.69) is 11.8 Å². The van der Waals surface area contributed by atoms with Crippen LogP contribution in [0.4, 0.5) is 0 Å². The van der Waals surface area contributed by atoms with Crippen LogP contribution in [-0.4, -0.2) is 10.2 Å². The van der Waals surface area contributed by atoms with Gasteiger partial charge in [0.15, 0.2) is 11.2 Å². The summed E-state index contributed by atoms with van der Waals surface area (Å²) in [5, 5.41) is 22.9. The fourth-order valence-electron chi connectivity index (χ4n) is 2.54. The van der Waals surface area contributed by atoms with E-state index < -0.39 is 11.2 Å². The van der Waals surface area contributed by atoms with E-state index in [0.717, 1.165) is 10.8 Å². The lowest BCUT2D eigenvalue weighted by atomic mass is 9.76. The molecule has 0 spiro atoms. The zero-order valence-electron chi connectivity index (χ0n) is 10.7. The molecule has 3 rings (SSSR count). The Hall–Kier alpha value is -2.52. The molecule has 2 atom stereocenters. The summed E-state index contributed by atoms with van der Waals surface area (Å²) < 4.78 is 0. The van der Waals surface area contributed by atoms with E-state index in [4.69, 9.17) is 12.8 Å². The summed E-state index contributed by atoms with van der Waals surface area (Å²) in [4.78, 5) is 0. The van der Waals surface area contributed by atoms with Gasteiger partial charge in [-0.15, -0.1) is 12.8 Å². The standard InChI is InChI=1S/C18H12O2/c1-3-17(19)9-10-18(20,4-2)16-12-14-8-6-5-7-13(14)11-15(16)17/h1-2,5-12,19-20H/t17-,18-/m0/s1. The average Bonchev–Trinajstić information content (AvgIpc) is 2.50. The Morgan fingerprint density at radius 2 is 1.20 bits per heavy atom. The number of terminal acetylenes is 2. The molecule has 0 saturated heterocycles. The van der Waals surface area contributed by atoms with E-state index in [9.17, 15) is 10.2 Å². The van der Waals surface area contributed by atoms with Gasteiger partial charge in [-0.1, -0.05) is 36.1 Å². The van der Waals surface area contributed by atoms with E-state index in [-0.39, 0.29) is 0 Å². The Morgan fingerprint density at radius 3 is 1.55 bits per heavy atom. The molecule has 0 saturated carbocycles. The molecular formula is C18H12O2. The second kappa shape index (κ2) is 3.99. The average molecular weight is 260 g/mol. The maximum atomic E-state index is 10.5. The summed E-state index contributed by atoms with van der Waals surface area (Å²) in [6.07, 6.45) is 13.6. The third-order valence-electron chi connectivity index (χ3n) is 3.71. The van der Waals surface area contributed by atoms with Crippen LogP contribution in [0, 0.1) is 24.7 Å². The Kier molecular flexibility index (Phi) is 2.49. The molecule has 2 heteroatoms. The molecule has 0 aromatic heterocycles. The van der Waals surface area contributed by atoms with Gasteiger partial charge in [-0.2, -0.15) is 0 Å². The van der Waals surface area contributed by atoms with Gasteiger partial charge < -0.3 is 10.2 Å². The molecule has 0 radical (unpaired) electrons. The van der Waals surface area contributed by atoms with Crippen molar-refractivity contribution in [1.29, 1.82) is 0 Å². The lowest BCUT2D eigenvalue weighted by Crippen LogP contribution is -2.34. The molecule has 1 aliphatic carbocycles. The highest BCUT2D eigenvalue weighted by atomic mass is 16.3. The summed E-state index contributed by atoms with van der Waals surface area (Å²) in [7, 11) is 0. The fraction of sp³-hybridized carbons (Fsp3) is 0.111. The summed E-state index contributed by atoms with van der Waals surface area (Å²) >= 11 is 0. The molecule has 2 aromatic carbocycles. The minimum absolute atomic E-state index is 0.446. The monoisotopic (exact) mass is 260 g/mol. The second-order valence-corrected chi connectivity index (χ2v) is 4.90. The van der Waals surface area contributed by atoms with Gasteiger partial charge in [-0.05, 0) is 35.1 Å². The quantitative estimate of drug-likeness (QED) is 0.562. The van der Waals surface area contributed by atoms with Gasteiger partial charge in [0.05, 0.1) is 0 Å². The predicted octanol–water partition coefficient (Wildman–Crippen LogP) is 2.05. The van der Waals surface area contributed by atoms with Gasteiger partial charge in [0.1, 0.15) is 0 Å². The molecule has 20 heavy (non-hydrogen) atoms. The minimum atomic E-state index is -1.55. The Bertz CT molecular complexity index is 751. The van der Waals surface area contributed by atoms with Crippen LogP contribution in [0.2, 0.25) is 0 Å². The number of hydrogen-bond donors (Lipinski definition) is 2. The highest BCUT2D eigenvalue weighted by molar-refractivity contribution is 5.85. The van der Waals surface area contributed by atoms with Crippen molar-refractivity contribution < 1.29 is 10.2 Å². The molecule has 96 valence electrons. The first-order valence-corrected chi connectivity index (χ1v) is 6.17. The van der Waals surface area contributed by atoms with E-state index in [1.54, 1.807) is 12.1 Å². The summed E-state index contributed by atoms with van der Waals surface area (Å²) in [5.74, 6) is 4.70. The third kappa shape index (κ3) is 1.57. The van der Waals surface area contributed by atoms with Crippen LogP contribution in [0.5, 0.6) is 0 Å².